The van der Waals surface area contributed by atoms with E-state index in [0.717, 1.165) is 57.0 Å². The van der Waals surface area contributed by atoms with E-state index in [-0.39, 0.29) is 0 Å². The molecule has 0 aliphatic heterocycles. The van der Waals surface area contributed by atoms with Crippen molar-refractivity contribution in [1.82, 2.24) is 15.5 Å². The lowest BCUT2D eigenvalue weighted by Crippen LogP contribution is -2.26. The van der Waals surface area contributed by atoms with E-state index in [4.69, 9.17) is 0 Å². The number of hydrogen-bond donors (Lipinski definition) is 1. The van der Waals surface area contributed by atoms with E-state index >= 15 is 0 Å². The first-order valence-corrected chi connectivity index (χ1v) is 7.10. The summed E-state index contributed by atoms with van der Waals surface area (Å²) in [4.78, 5) is 2.30. The van der Waals surface area contributed by atoms with Gasteiger partial charge in [0.1, 0.15) is 0 Å². The summed E-state index contributed by atoms with van der Waals surface area (Å²) in [5, 5.41) is 11.9. The molecule has 1 N–H and O–H groups in total. The van der Waals surface area contributed by atoms with Gasteiger partial charge in [-0.15, -0.1) is 5.10 Å². The molecule has 0 unspecified atom stereocenters. The van der Waals surface area contributed by atoms with E-state index in [1.807, 2.05) is 0 Å². The predicted octanol–water partition coefficient (Wildman–Crippen LogP) is 2.60. The zero-order chi connectivity index (χ0) is 13.2. The number of aromatic nitrogens is 2. The largest absolute Gasteiger partial charge is 0.355 e. The van der Waals surface area contributed by atoms with Crippen LogP contribution in [0.1, 0.15) is 45.7 Å². The van der Waals surface area contributed by atoms with Crippen molar-refractivity contribution >= 4 is 5.82 Å². The smallest absolute Gasteiger partial charge is 0.151 e. The molecule has 102 valence electrons. The lowest BCUT2D eigenvalue weighted by atomic mass is 10.3. The summed E-state index contributed by atoms with van der Waals surface area (Å²) >= 11 is 0. The van der Waals surface area contributed by atoms with Crippen molar-refractivity contribution < 1.29 is 0 Å². The maximum atomic E-state index is 4.33. The summed E-state index contributed by atoms with van der Waals surface area (Å²) in [7, 11) is 0. The highest BCUT2D eigenvalue weighted by Crippen LogP contribution is 2.10. The summed E-state index contributed by atoms with van der Waals surface area (Å²) in [5.41, 5.74) is 1.01. The van der Waals surface area contributed by atoms with E-state index in [1.165, 1.54) is 0 Å². The molecule has 4 heteroatoms. The van der Waals surface area contributed by atoms with Crippen LogP contribution in [0.25, 0.3) is 0 Å². The number of anilines is 1. The summed E-state index contributed by atoms with van der Waals surface area (Å²) in [5.74, 6) is 0.998. The van der Waals surface area contributed by atoms with Crippen molar-refractivity contribution in [3.05, 3.63) is 17.8 Å². The van der Waals surface area contributed by atoms with E-state index in [1.54, 1.807) is 0 Å². The van der Waals surface area contributed by atoms with Gasteiger partial charge in [-0.3, -0.25) is 0 Å². The summed E-state index contributed by atoms with van der Waals surface area (Å²) in [6, 6.07) is 4.16. The van der Waals surface area contributed by atoms with Crippen LogP contribution in [-0.4, -0.2) is 29.8 Å². The van der Waals surface area contributed by atoms with Gasteiger partial charge in [-0.05, 0) is 37.9 Å². The average molecular weight is 250 g/mol. The molecule has 0 aliphatic rings. The maximum Gasteiger partial charge on any atom is 0.151 e. The van der Waals surface area contributed by atoms with Crippen LogP contribution >= 0.6 is 0 Å². The van der Waals surface area contributed by atoms with Crippen molar-refractivity contribution in [3.63, 3.8) is 0 Å². The van der Waals surface area contributed by atoms with Crippen molar-refractivity contribution in [2.75, 3.05) is 24.5 Å². The fourth-order valence-corrected chi connectivity index (χ4v) is 1.89. The van der Waals surface area contributed by atoms with Gasteiger partial charge in [0, 0.05) is 19.6 Å². The molecule has 1 rings (SSSR count). The van der Waals surface area contributed by atoms with Gasteiger partial charge in [0.05, 0.1) is 5.69 Å². The second-order valence-electron chi connectivity index (χ2n) is 4.55. The third-order valence-electron chi connectivity index (χ3n) is 2.75. The summed E-state index contributed by atoms with van der Waals surface area (Å²) < 4.78 is 0. The highest BCUT2D eigenvalue weighted by atomic mass is 15.3. The Kier molecular flexibility index (Phi) is 7.34. The average Bonchev–Trinajstić information content (AvgIpc) is 2.40. The normalized spacial score (nSPS) is 10.6. The molecule has 0 aliphatic carbocycles. The SMILES string of the molecule is CCCNCc1ccc(N(CCC)CCC)nn1. The molecule has 0 amide bonds. The second-order valence-corrected chi connectivity index (χ2v) is 4.55. The van der Waals surface area contributed by atoms with Crippen LogP contribution in [0.3, 0.4) is 0 Å². The van der Waals surface area contributed by atoms with E-state index in [9.17, 15) is 0 Å². The van der Waals surface area contributed by atoms with Crippen LogP contribution in [0.2, 0.25) is 0 Å². The monoisotopic (exact) mass is 250 g/mol. The molecule has 18 heavy (non-hydrogen) atoms. The van der Waals surface area contributed by atoms with E-state index in [2.05, 4.69) is 53.3 Å². The Labute approximate surface area is 111 Å². The molecule has 1 aromatic rings. The molecule has 1 aromatic heterocycles. The lowest BCUT2D eigenvalue weighted by Gasteiger charge is -2.21. The van der Waals surface area contributed by atoms with E-state index < -0.39 is 0 Å². The quantitative estimate of drug-likeness (QED) is 0.684. The molecule has 0 aromatic carbocycles. The zero-order valence-electron chi connectivity index (χ0n) is 11.9. The highest BCUT2D eigenvalue weighted by Gasteiger charge is 2.06. The number of nitrogens with zero attached hydrogens (tertiary/aromatic N) is 3. The predicted molar refractivity (Wildman–Crippen MR) is 76.8 cm³/mol. The van der Waals surface area contributed by atoms with Crippen LogP contribution < -0.4 is 10.2 Å². The molecular formula is C14H26N4. The third-order valence-corrected chi connectivity index (χ3v) is 2.75. The Morgan fingerprint density at radius 2 is 1.72 bits per heavy atom. The Hall–Kier alpha value is -1.16. The van der Waals surface area contributed by atoms with Gasteiger partial charge in [-0.2, -0.15) is 5.10 Å². The number of nitrogens with one attached hydrogen (secondary N) is 1. The molecule has 0 radical (unpaired) electrons. The molecule has 0 atom stereocenters. The molecule has 1 heterocycles. The maximum absolute atomic E-state index is 4.33. The second kappa shape index (κ2) is 8.86. The molecule has 0 saturated carbocycles. The number of rotatable bonds is 9. The Balaban J connectivity index is 2.56. The van der Waals surface area contributed by atoms with Crippen molar-refractivity contribution in [1.29, 1.82) is 0 Å². The van der Waals surface area contributed by atoms with Crippen molar-refractivity contribution in [3.8, 4) is 0 Å². The fourth-order valence-electron chi connectivity index (χ4n) is 1.89. The van der Waals surface area contributed by atoms with Gasteiger partial charge in [-0.25, -0.2) is 0 Å². The van der Waals surface area contributed by atoms with Gasteiger partial charge < -0.3 is 10.2 Å². The van der Waals surface area contributed by atoms with Gasteiger partial charge in [-0.1, -0.05) is 20.8 Å². The Morgan fingerprint density at radius 3 is 2.22 bits per heavy atom. The van der Waals surface area contributed by atoms with Gasteiger partial charge >= 0.3 is 0 Å². The van der Waals surface area contributed by atoms with Gasteiger partial charge in [0.25, 0.3) is 0 Å². The first-order valence-electron chi connectivity index (χ1n) is 7.10. The zero-order valence-corrected chi connectivity index (χ0v) is 11.9. The van der Waals surface area contributed by atoms with Crippen LogP contribution in [0.15, 0.2) is 12.1 Å². The molecular weight excluding hydrogens is 224 g/mol. The third kappa shape index (κ3) is 5.00. The van der Waals surface area contributed by atoms with Gasteiger partial charge in [0.2, 0.25) is 0 Å². The molecule has 4 nitrogen and oxygen atoms in total. The van der Waals surface area contributed by atoms with E-state index in [0.29, 0.717) is 0 Å². The minimum absolute atomic E-state index is 0.808. The fraction of sp³-hybridized carbons (Fsp3) is 0.714. The molecule has 0 spiro atoms. The van der Waals surface area contributed by atoms with Crippen LogP contribution in [-0.2, 0) is 6.54 Å². The lowest BCUT2D eigenvalue weighted by molar-refractivity contribution is 0.653. The van der Waals surface area contributed by atoms with Crippen LogP contribution in [0.4, 0.5) is 5.82 Å². The van der Waals surface area contributed by atoms with Crippen LogP contribution in [0, 0.1) is 0 Å². The summed E-state index contributed by atoms with van der Waals surface area (Å²) in [6.07, 6.45) is 3.43. The Morgan fingerprint density at radius 1 is 1.00 bits per heavy atom. The first-order chi connectivity index (χ1) is 8.81. The molecule has 0 saturated heterocycles. The first kappa shape index (κ1) is 14.9. The minimum Gasteiger partial charge on any atom is -0.355 e. The standard InChI is InChI=1S/C14H26N4/c1-4-9-15-12-13-7-8-14(17-16-13)18(10-5-2)11-6-3/h7-8,15H,4-6,9-12H2,1-3H3. The molecule has 0 fully saturated rings. The van der Waals surface area contributed by atoms with Crippen molar-refractivity contribution in [2.24, 2.45) is 0 Å². The van der Waals surface area contributed by atoms with Gasteiger partial charge in [0.15, 0.2) is 5.82 Å². The Bertz CT molecular complexity index is 304. The van der Waals surface area contributed by atoms with Crippen molar-refractivity contribution in [2.45, 2.75) is 46.6 Å². The topological polar surface area (TPSA) is 41.0 Å². The minimum atomic E-state index is 0.808. The highest BCUT2D eigenvalue weighted by molar-refractivity contribution is 5.37. The molecule has 0 bridgehead atoms. The number of hydrogen-bond acceptors (Lipinski definition) is 4. The summed E-state index contributed by atoms with van der Waals surface area (Å²) in [6.45, 7) is 10.5. The van der Waals surface area contributed by atoms with Crippen LogP contribution in [0.5, 0.6) is 0 Å².